The normalized spacial score (nSPS) is 11.7. The van der Waals surface area contributed by atoms with Gasteiger partial charge in [0.2, 0.25) is 0 Å². The summed E-state index contributed by atoms with van der Waals surface area (Å²) in [6, 6.07) is 8.42. The van der Waals surface area contributed by atoms with Crippen LogP contribution in [0.25, 0.3) is 0 Å². The Kier molecular flexibility index (Phi) is 6.24. The fourth-order valence-electron chi connectivity index (χ4n) is 1.83. The van der Waals surface area contributed by atoms with Crippen molar-refractivity contribution in [3.8, 4) is 5.75 Å². The second kappa shape index (κ2) is 8.39. The van der Waals surface area contributed by atoms with Gasteiger partial charge < -0.3 is 14.8 Å². The van der Waals surface area contributed by atoms with Crippen molar-refractivity contribution in [2.24, 2.45) is 0 Å². The lowest BCUT2D eigenvalue weighted by Gasteiger charge is -2.15. The van der Waals surface area contributed by atoms with Crippen LogP contribution in [0.4, 0.5) is 14.5 Å². The Labute approximate surface area is 146 Å². The van der Waals surface area contributed by atoms with Gasteiger partial charge in [-0.15, -0.1) is 0 Å². The first kappa shape index (κ1) is 18.6. The maximum atomic E-state index is 12.4. The molecule has 2 aromatic rings. The molecule has 132 valence electrons. The molecule has 1 atom stereocenters. The fraction of sp³-hybridized carbons (Fsp3) is 0.188. The van der Waals surface area contributed by atoms with E-state index < -0.39 is 24.6 Å². The minimum Gasteiger partial charge on any atom is -0.449 e. The molecule has 0 aliphatic rings. The van der Waals surface area contributed by atoms with E-state index >= 15 is 0 Å². The number of benzene rings is 1. The average molecular weight is 371 g/mol. The molecule has 1 amide bonds. The van der Waals surface area contributed by atoms with Crippen LogP contribution in [0.3, 0.4) is 0 Å². The third-order valence-corrected chi connectivity index (χ3v) is 3.29. The maximum Gasteiger partial charge on any atom is 0.387 e. The number of ether oxygens (including phenoxy) is 2. The van der Waals surface area contributed by atoms with Crippen molar-refractivity contribution in [1.82, 2.24) is 4.98 Å². The van der Waals surface area contributed by atoms with E-state index in [-0.39, 0.29) is 22.2 Å². The number of rotatable bonds is 6. The molecule has 0 unspecified atom stereocenters. The lowest BCUT2D eigenvalue weighted by molar-refractivity contribution is -0.123. The van der Waals surface area contributed by atoms with Gasteiger partial charge in [-0.3, -0.25) is 4.79 Å². The molecule has 0 aliphatic heterocycles. The van der Waals surface area contributed by atoms with Gasteiger partial charge in [-0.25, -0.2) is 9.78 Å². The number of pyridine rings is 1. The van der Waals surface area contributed by atoms with E-state index in [4.69, 9.17) is 16.3 Å². The molecule has 0 aliphatic carbocycles. The van der Waals surface area contributed by atoms with Crippen LogP contribution in [0.2, 0.25) is 5.15 Å². The minimum absolute atomic E-state index is 0.0741. The number of amides is 1. The number of hydrogen-bond acceptors (Lipinski definition) is 5. The number of anilines is 1. The number of carbonyl (C=O) groups is 2. The van der Waals surface area contributed by atoms with Crippen molar-refractivity contribution in [2.75, 3.05) is 5.32 Å². The van der Waals surface area contributed by atoms with Crippen LogP contribution in [-0.2, 0) is 9.53 Å². The zero-order chi connectivity index (χ0) is 18.4. The van der Waals surface area contributed by atoms with Gasteiger partial charge in [-0.05, 0) is 31.2 Å². The van der Waals surface area contributed by atoms with Crippen molar-refractivity contribution >= 4 is 29.2 Å². The quantitative estimate of drug-likeness (QED) is 0.622. The maximum absolute atomic E-state index is 12.4. The van der Waals surface area contributed by atoms with E-state index in [9.17, 15) is 18.4 Å². The zero-order valence-electron chi connectivity index (χ0n) is 12.9. The van der Waals surface area contributed by atoms with Gasteiger partial charge in [0, 0.05) is 6.20 Å². The van der Waals surface area contributed by atoms with Crippen LogP contribution in [0.1, 0.15) is 17.3 Å². The lowest BCUT2D eigenvalue weighted by Crippen LogP contribution is -2.30. The number of alkyl halides is 2. The molecule has 0 radical (unpaired) electrons. The molecule has 0 saturated carbocycles. The SMILES string of the molecule is C[C@H](OC(=O)c1ccccc1OC(F)F)C(=O)Nc1cccnc1Cl. The Morgan fingerprint density at radius 2 is 1.92 bits per heavy atom. The van der Waals surface area contributed by atoms with Crippen LogP contribution >= 0.6 is 11.6 Å². The highest BCUT2D eigenvalue weighted by atomic mass is 35.5. The molecule has 1 aromatic heterocycles. The van der Waals surface area contributed by atoms with Gasteiger partial charge in [-0.1, -0.05) is 23.7 Å². The minimum atomic E-state index is -3.10. The molecule has 0 bridgehead atoms. The summed E-state index contributed by atoms with van der Waals surface area (Å²) in [6.45, 7) is -1.77. The van der Waals surface area contributed by atoms with Gasteiger partial charge in [-0.2, -0.15) is 8.78 Å². The van der Waals surface area contributed by atoms with Crippen molar-refractivity contribution in [3.63, 3.8) is 0 Å². The number of nitrogens with zero attached hydrogens (tertiary/aromatic N) is 1. The standard InChI is InChI=1S/C16H13ClF2N2O4/c1-9(14(22)21-11-6-4-8-20-13(11)17)24-15(23)10-5-2-3-7-12(10)25-16(18)19/h2-9,16H,1H3,(H,21,22)/t9-/m0/s1. The number of nitrogens with one attached hydrogen (secondary N) is 1. The van der Waals surface area contributed by atoms with Crippen molar-refractivity contribution < 1.29 is 27.8 Å². The van der Waals surface area contributed by atoms with Crippen LogP contribution in [-0.4, -0.2) is 29.6 Å². The number of carbonyl (C=O) groups excluding carboxylic acids is 2. The Balaban J connectivity index is 2.05. The first-order valence-electron chi connectivity index (χ1n) is 7.04. The number of para-hydroxylation sites is 1. The Bertz CT molecular complexity index is 773. The molecule has 25 heavy (non-hydrogen) atoms. The van der Waals surface area contributed by atoms with Gasteiger partial charge in [0.15, 0.2) is 11.3 Å². The van der Waals surface area contributed by atoms with Crippen molar-refractivity contribution in [2.45, 2.75) is 19.6 Å². The first-order chi connectivity index (χ1) is 11.9. The molecule has 0 saturated heterocycles. The molecule has 0 fully saturated rings. The van der Waals surface area contributed by atoms with Gasteiger partial charge >= 0.3 is 12.6 Å². The smallest absolute Gasteiger partial charge is 0.387 e. The average Bonchev–Trinajstić information content (AvgIpc) is 2.56. The highest BCUT2D eigenvalue weighted by Gasteiger charge is 2.23. The summed E-state index contributed by atoms with van der Waals surface area (Å²) < 4.78 is 34.0. The summed E-state index contributed by atoms with van der Waals surface area (Å²) in [5.74, 6) is -1.97. The highest BCUT2D eigenvalue weighted by molar-refractivity contribution is 6.32. The third kappa shape index (κ3) is 5.12. The summed E-state index contributed by atoms with van der Waals surface area (Å²) >= 11 is 5.82. The molecule has 1 N–H and O–H groups in total. The monoisotopic (exact) mass is 370 g/mol. The number of hydrogen-bond donors (Lipinski definition) is 1. The van der Waals surface area contributed by atoms with E-state index in [0.29, 0.717) is 0 Å². The number of halogens is 3. The van der Waals surface area contributed by atoms with Crippen LogP contribution in [0.15, 0.2) is 42.6 Å². The topological polar surface area (TPSA) is 77.5 Å². The molecule has 0 spiro atoms. The Morgan fingerprint density at radius 3 is 2.60 bits per heavy atom. The van der Waals surface area contributed by atoms with E-state index in [1.807, 2.05) is 0 Å². The number of esters is 1. The second-order valence-electron chi connectivity index (χ2n) is 4.75. The van der Waals surface area contributed by atoms with Crippen LogP contribution < -0.4 is 10.1 Å². The summed E-state index contributed by atoms with van der Waals surface area (Å²) in [6.07, 6.45) is 0.241. The molecule has 2 rings (SSSR count). The summed E-state index contributed by atoms with van der Waals surface area (Å²) in [4.78, 5) is 28.0. The van der Waals surface area contributed by atoms with Crippen molar-refractivity contribution in [1.29, 1.82) is 0 Å². The predicted molar refractivity (Wildman–Crippen MR) is 85.8 cm³/mol. The van der Waals surface area contributed by atoms with E-state index in [2.05, 4.69) is 15.0 Å². The molecule has 9 heteroatoms. The number of aromatic nitrogens is 1. The fourth-order valence-corrected chi connectivity index (χ4v) is 1.99. The Morgan fingerprint density at radius 1 is 1.20 bits per heavy atom. The molecular weight excluding hydrogens is 358 g/mol. The van der Waals surface area contributed by atoms with E-state index in [1.165, 1.54) is 43.5 Å². The second-order valence-corrected chi connectivity index (χ2v) is 5.11. The zero-order valence-corrected chi connectivity index (χ0v) is 13.7. The van der Waals surface area contributed by atoms with E-state index in [1.54, 1.807) is 6.07 Å². The van der Waals surface area contributed by atoms with Crippen LogP contribution in [0, 0.1) is 0 Å². The molecular formula is C16H13ClF2N2O4. The van der Waals surface area contributed by atoms with Crippen LogP contribution in [0.5, 0.6) is 5.75 Å². The lowest BCUT2D eigenvalue weighted by atomic mass is 10.2. The summed E-state index contributed by atoms with van der Waals surface area (Å²) in [5.41, 5.74) is 0.0281. The summed E-state index contributed by atoms with van der Waals surface area (Å²) in [7, 11) is 0. The predicted octanol–water partition coefficient (Wildman–Crippen LogP) is 3.52. The molecule has 6 nitrogen and oxygen atoms in total. The van der Waals surface area contributed by atoms with Crippen molar-refractivity contribution in [3.05, 3.63) is 53.3 Å². The first-order valence-corrected chi connectivity index (χ1v) is 7.42. The van der Waals surface area contributed by atoms with Gasteiger partial charge in [0.1, 0.15) is 11.3 Å². The Hall–Kier alpha value is -2.74. The highest BCUT2D eigenvalue weighted by Crippen LogP contribution is 2.22. The summed E-state index contributed by atoms with van der Waals surface area (Å²) in [5, 5.41) is 2.53. The van der Waals surface area contributed by atoms with Gasteiger partial charge in [0.05, 0.1) is 5.69 Å². The largest absolute Gasteiger partial charge is 0.449 e. The molecule has 1 heterocycles. The molecule has 1 aromatic carbocycles. The van der Waals surface area contributed by atoms with Gasteiger partial charge in [0.25, 0.3) is 5.91 Å². The van der Waals surface area contributed by atoms with E-state index in [0.717, 1.165) is 0 Å². The third-order valence-electron chi connectivity index (χ3n) is 2.99.